The van der Waals surface area contributed by atoms with Crippen molar-refractivity contribution in [1.29, 1.82) is 0 Å². The fourth-order valence-corrected chi connectivity index (χ4v) is 4.26. The fourth-order valence-electron chi connectivity index (χ4n) is 4.26. The van der Waals surface area contributed by atoms with E-state index in [1.165, 1.54) is 0 Å². The van der Waals surface area contributed by atoms with E-state index in [2.05, 4.69) is 25.2 Å². The van der Waals surface area contributed by atoms with Crippen LogP contribution in [0.25, 0.3) is 11.1 Å². The lowest BCUT2D eigenvalue weighted by molar-refractivity contribution is 0.0240. The molecule has 37 heavy (non-hydrogen) atoms. The molecule has 0 saturated carbocycles. The molecule has 4 rings (SSSR count). The van der Waals surface area contributed by atoms with Gasteiger partial charge in [-0.1, -0.05) is 0 Å². The van der Waals surface area contributed by atoms with Gasteiger partial charge in [0.15, 0.2) is 11.5 Å². The number of ether oxygens (including phenoxy) is 1. The molecule has 1 fully saturated rings. The zero-order chi connectivity index (χ0) is 26.9. The van der Waals surface area contributed by atoms with Gasteiger partial charge in [-0.05, 0) is 39.8 Å². The van der Waals surface area contributed by atoms with Gasteiger partial charge in [0.25, 0.3) is 5.91 Å². The Morgan fingerprint density at radius 1 is 1.16 bits per heavy atom. The molecule has 0 unspecified atom stereocenters. The fraction of sp³-hybridized carbons (Fsp3) is 0.423. The number of amides is 2. The van der Waals surface area contributed by atoms with Crippen molar-refractivity contribution in [3.05, 3.63) is 40.9 Å². The first kappa shape index (κ1) is 25.9. The molecule has 11 heteroatoms. The Labute approximate surface area is 215 Å². The van der Waals surface area contributed by atoms with E-state index in [1.807, 2.05) is 33.8 Å². The minimum atomic E-state index is -0.544. The van der Waals surface area contributed by atoms with E-state index < -0.39 is 11.5 Å². The number of nitrogens with zero attached hydrogens (tertiary/aromatic N) is 5. The highest BCUT2D eigenvalue weighted by atomic mass is 16.6. The second-order valence-electron chi connectivity index (χ2n) is 9.93. The van der Waals surface area contributed by atoms with Crippen LogP contribution in [0.1, 0.15) is 48.3 Å². The van der Waals surface area contributed by atoms with E-state index in [1.54, 1.807) is 37.2 Å². The number of nitrogens with one attached hydrogen (secondary N) is 1. The molecule has 3 N–H and O–H groups in total. The normalized spacial score (nSPS) is 14.4. The van der Waals surface area contributed by atoms with Crippen LogP contribution in [0.4, 0.5) is 22.0 Å². The van der Waals surface area contributed by atoms with Crippen molar-refractivity contribution in [2.75, 3.05) is 49.2 Å². The molecule has 3 heterocycles. The number of aryl methyl sites for hydroxylation is 2. The number of pyridine rings is 1. The van der Waals surface area contributed by atoms with Crippen LogP contribution in [0, 0.1) is 13.8 Å². The first-order valence-corrected chi connectivity index (χ1v) is 12.1. The molecule has 0 spiro atoms. The summed E-state index contributed by atoms with van der Waals surface area (Å²) >= 11 is 0. The van der Waals surface area contributed by atoms with E-state index in [0.29, 0.717) is 71.5 Å². The molecule has 1 aromatic carbocycles. The van der Waals surface area contributed by atoms with E-state index in [-0.39, 0.29) is 6.09 Å². The Bertz CT molecular complexity index is 1370. The molecule has 3 aromatic rings. The Hall–Kier alpha value is -4.15. The topological polar surface area (TPSA) is 139 Å². The number of anilines is 3. The van der Waals surface area contributed by atoms with Crippen LogP contribution in [-0.4, -0.2) is 71.9 Å². The number of oxazole rings is 1. The maximum absolute atomic E-state index is 13.2. The Morgan fingerprint density at radius 3 is 2.51 bits per heavy atom. The van der Waals surface area contributed by atoms with Crippen molar-refractivity contribution in [1.82, 2.24) is 14.9 Å². The number of carbonyl (C=O) groups excluding carboxylic acids is 2. The molecule has 2 amide bonds. The average molecular weight is 508 g/mol. The maximum atomic E-state index is 13.2. The van der Waals surface area contributed by atoms with E-state index in [4.69, 9.17) is 14.9 Å². The highest BCUT2D eigenvalue weighted by molar-refractivity contribution is 6.11. The van der Waals surface area contributed by atoms with E-state index >= 15 is 0 Å². The lowest BCUT2D eigenvalue weighted by Gasteiger charge is -2.37. The van der Waals surface area contributed by atoms with Gasteiger partial charge < -0.3 is 30.0 Å². The Kier molecular flexibility index (Phi) is 7.06. The van der Waals surface area contributed by atoms with Gasteiger partial charge in [-0.2, -0.15) is 0 Å². The number of aromatic nitrogens is 2. The van der Waals surface area contributed by atoms with Crippen LogP contribution in [0.15, 0.2) is 27.6 Å². The number of piperazine rings is 1. The Balaban J connectivity index is 1.53. The molecule has 0 bridgehead atoms. The van der Waals surface area contributed by atoms with Gasteiger partial charge in [0.05, 0.1) is 16.9 Å². The Morgan fingerprint density at radius 2 is 1.86 bits per heavy atom. The molecule has 1 aliphatic heterocycles. The molecular weight excluding hydrogens is 474 g/mol. The van der Waals surface area contributed by atoms with Crippen molar-refractivity contribution < 1.29 is 18.7 Å². The number of carbonyl (C=O) groups is 2. The standard InChI is InChI=1S/C26H33N7O4/c1-15-23-20(36-16(2)30-23)13-21(29-15)31-24(34)17-7-8-19(18(14-28-6)22(17)27)32-9-11-33(12-10-32)25(35)37-26(3,4)5/h7-8,13-14H,9-12,27H2,1-6H3,(H,29,31,34). The summed E-state index contributed by atoms with van der Waals surface area (Å²) in [6.45, 7) is 11.3. The predicted molar refractivity (Wildman–Crippen MR) is 144 cm³/mol. The van der Waals surface area contributed by atoms with Gasteiger partial charge in [0.1, 0.15) is 16.9 Å². The van der Waals surface area contributed by atoms with Crippen LogP contribution in [0.2, 0.25) is 0 Å². The van der Waals surface area contributed by atoms with Crippen LogP contribution in [-0.2, 0) is 4.74 Å². The summed E-state index contributed by atoms with van der Waals surface area (Å²) in [5.41, 5.74) is 9.90. The minimum absolute atomic E-state index is 0.305. The zero-order valence-electron chi connectivity index (χ0n) is 22.1. The van der Waals surface area contributed by atoms with Gasteiger partial charge in [-0.25, -0.2) is 14.8 Å². The van der Waals surface area contributed by atoms with Crippen molar-refractivity contribution in [3.8, 4) is 0 Å². The van der Waals surface area contributed by atoms with Crippen LogP contribution >= 0.6 is 0 Å². The van der Waals surface area contributed by atoms with Gasteiger partial charge in [0.2, 0.25) is 0 Å². The van der Waals surface area contributed by atoms with Crippen molar-refractivity contribution in [3.63, 3.8) is 0 Å². The number of hydrogen-bond acceptors (Lipinski definition) is 9. The van der Waals surface area contributed by atoms with E-state index in [0.717, 1.165) is 5.69 Å². The van der Waals surface area contributed by atoms with Gasteiger partial charge in [-0.15, -0.1) is 0 Å². The maximum Gasteiger partial charge on any atom is 0.410 e. The molecule has 196 valence electrons. The monoisotopic (exact) mass is 507 g/mol. The zero-order valence-corrected chi connectivity index (χ0v) is 22.1. The third-order valence-electron chi connectivity index (χ3n) is 5.94. The third-order valence-corrected chi connectivity index (χ3v) is 5.94. The molecular formula is C26H33N7O4. The lowest BCUT2D eigenvalue weighted by atomic mass is 10.0. The average Bonchev–Trinajstić information content (AvgIpc) is 3.20. The molecule has 1 saturated heterocycles. The summed E-state index contributed by atoms with van der Waals surface area (Å²) in [5.74, 6) is 0.476. The molecule has 0 aliphatic carbocycles. The number of fused-ring (bicyclic) bond motifs is 1. The second-order valence-corrected chi connectivity index (χ2v) is 9.93. The summed E-state index contributed by atoms with van der Waals surface area (Å²) in [6.07, 6.45) is 1.32. The molecule has 2 aromatic heterocycles. The van der Waals surface area contributed by atoms with Crippen molar-refractivity contribution in [2.24, 2.45) is 4.99 Å². The third kappa shape index (κ3) is 5.65. The van der Waals surface area contributed by atoms with Crippen LogP contribution in [0.3, 0.4) is 0 Å². The lowest BCUT2D eigenvalue weighted by Crippen LogP contribution is -2.50. The quantitative estimate of drug-likeness (QED) is 0.402. The molecule has 0 atom stereocenters. The second kappa shape index (κ2) is 10.1. The van der Waals surface area contributed by atoms with Crippen LogP contribution in [0.5, 0.6) is 0 Å². The molecule has 1 aliphatic rings. The predicted octanol–water partition coefficient (Wildman–Crippen LogP) is 3.78. The largest absolute Gasteiger partial charge is 0.444 e. The highest BCUT2D eigenvalue weighted by Gasteiger charge is 2.27. The first-order valence-electron chi connectivity index (χ1n) is 12.1. The number of rotatable bonds is 4. The molecule has 11 nitrogen and oxygen atoms in total. The summed E-state index contributed by atoms with van der Waals surface area (Å²) in [5, 5.41) is 2.81. The van der Waals surface area contributed by atoms with Crippen molar-refractivity contribution >= 4 is 46.5 Å². The van der Waals surface area contributed by atoms with Gasteiger partial charge >= 0.3 is 6.09 Å². The van der Waals surface area contributed by atoms with Crippen molar-refractivity contribution in [2.45, 2.75) is 40.2 Å². The minimum Gasteiger partial charge on any atom is -0.444 e. The summed E-state index contributed by atoms with van der Waals surface area (Å²) in [4.78, 5) is 42.3. The number of nitrogen functional groups attached to an aromatic ring is 1. The summed E-state index contributed by atoms with van der Waals surface area (Å²) in [6, 6.07) is 5.19. The smallest absolute Gasteiger partial charge is 0.410 e. The van der Waals surface area contributed by atoms with E-state index in [9.17, 15) is 9.59 Å². The first-order chi connectivity index (χ1) is 17.5. The summed E-state index contributed by atoms with van der Waals surface area (Å²) < 4.78 is 11.1. The van der Waals surface area contributed by atoms with Gasteiger partial charge in [-0.3, -0.25) is 9.79 Å². The number of hydrogen-bond donors (Lipinski definition) is 2. The molecule has 0 radical (unpaired) electrons. The number of aliphatic imine (C=N–C) groups is 1. The highest BCUT2D eigenvalue weighted by Crippen LogP contribution is 2.30. The number of benzene rings is 1. The number of nitrogens with two attached hydrogens (primary N) is 1. The SMILES string of the molecule is CN=Cc1c(N2CCN(C(=O)OC(C)(C)C)CC2)ccc(C(=O)Nc2cc3oc(C)nc3c(C)n2)c1N. The summed E-state index contributed by atoms with van der Waals surface area (Å²) in [7, 11) is 1.65. The van der Waals surface area contributed by atoms with Gasteiger partial charge in [0, 0.05) is 63.7 Å². The van der Waals surface area contributed by atoms with Crippen LogP contribution < -0.4 is 16.0 Å².